The van der Waals surface area contributed by atoms with E-state index in [1.807, 2.05) is 6.07 Å². The number of carbonyl (C=O) groups is 2. The number of carboxylic acid groups (broad SMARTS) is 1. The van der Waals surface area contributed by atoms with Crippen molar-refractivity contribution in [2.24, 2.45) is 0 Å². The summed E-state index contributed by atoms with van der Waals surface area (Å²) in [5.41, 5.74) is 0.791. The quantitative estimate of drug-likeness (QED) is 0.683. The molecule has 0 bridgehead atoms. The van der Waals surface area contributed by atoms with Gasteiger partial charge in [0, 0.05) is 18.2 Å². The second-order valence-electron chi connectivity index (χ2n) is 5.76. The summed E-state index contributed by atoms with van der Waals surface area (Å²) in [5.74, 6) is 0.937. The maximum atomic E-state index is 12.5. The van der Waals surface area contributed by atoms with Crippen LogP contribution in [0.4, 0.5) is 4.79 Å². The second-order valence-corrected chi connectivity index (χ2v) is 5.76. The van der Waals surface area contributed by atoms with Crippen molar-refractivity contribution in [2.75, 3.05) is 14.2 Å². The highest BCUT2D eigenvalue weighted by Crippen LogP contribution is 2.30. The second kappa shape index (κ2) is 7.30. The molecule has 2 atom stereocenters. The smallest absolute Gasteiger partial charge is 0.405 e. The number of ether oxygens (including phenoxy) is 2. The Bertz CT molecular complexity index is 794. The minimum Gasteiger partial charge on any atom is -0.497 e. The number of rotatable bonds is 7. The highest BCUT2D eigenvalue weighted by molar-refractivity contribution is 5.92. The van der Waals surface area contributed by atoms with Crippen LogP contribution in [0.15, 0.2) is 30.9 Å². The largest absolute Gasteiger partial charge is 0.497 e. The van der Waals surface area contributed by atoms with Gasteiger partial charge in [0.2, 0.25) is 5.91 Å². The van der Waals surface area contributed by atoms with E-state index in [0.29, 0.717) is 18.0 Å². The van der Waals surface area contributed by atoms with Crippen molar-refractivity contribution in [3.8, 4) is 11.5 Å². The summed E-state index contributed by atoms with van der Waals surface area (Å²) in [6.45, 7) is 0.609. The molecule has 10 nitrogen and oxygen atoms in total. The molecule has 0 unspecified atom stereocenters. The molecule has 1 aromatic heterocycles. The van der Waals surface area contributed by atoms with Crippen molar-refractivity contribution in [3.05, 3.63) is 36.4 Å². The summed E-state index contributed by atoms with van der Waals surface area (Å²) in [5, 5.41) is 15.3. The van der Waals surface area contributed by atoms with Crippen molar-refractivity contribution < 1.29 is 24.2 Å². The predicted octanol–water partition coefficient (Wildman–Crippen LogP) is 0.343. The van der Waals surface area contributed by atoms with E-state index in [1.165, 1.54) is 19.8 Å². The Kier molecular flexibility index (Phi) is 4.92. The Hall–Kier alpha value is -3.30. The van der Waals surface area contributed by atoms with Crippen LogP contribution in [0.5, 0.6) is 11.5 Å². The zero-order valence-electron chi connectivity index (χ0n) is 14.3. The van der Waals surface area contributed by atoms with Crippen LogP contribution >= 0.6 is 0 Å². The monoisotopic (exact) mass is 361 g/mol. The zero-order valence-corrected chi connectivity index (χ0v) is 14.3. The molecule has 0 aliphatic carbocycles. The molecule has 138 valence electrons. The molecule has 26 heavy (non-hydrogen) atoms. The minimum absolute atomic E-state index is 0.281. The van der Waals surface area contributed by atoms with Gasteiger partial charge in [0.1, 0.15) is 30.2 Å². The maximum Gasteiger partial charge on any atom is 0.405 e. The summed E-state index contributed by atoms with van der Waals surface area (Å²) in [6, 6.07) is 4.13. The third kappa shape index (κ3) is 3.39. The third-order valence-corrected chi connectivity index (χ3v) is 4.29. The predicted molar refractivity (Wildman–Crippen MR) is 88.9 cm³/mol. The number of likely N-dealkylation sites (tertiary alicyclic amines) is 1. The van der Waals surface area contributed by atoms with E-state index < -0.39 is 12.1 Å². The summed E-state index contributed by atoms with van der Waals surface area (Å²) < 4.78 is 12.1. The number of nitrogens with zero attached hydrogens (tertiary/aromatic N) is 4. The van der Waals surface area contributed by atoms with Gasteiger partial charge in [0.15, 0.2) is 0 Å². The number of β-lactam (4-membered cyclic amide) rings is 1. The molecule has 0 radical (unpaired) electrons. The highest BCUT2D eigenvalue weighted by atomic mass is 16.5. The summed E-state index contributed by atoms with van der Waals surface area (Å²) in [7, 11) is 3.10. The van der Waals surface area contributed by atoms with Gasteiger partial charge >= 0.3 is 6.09 Å². The van der Waals surface area contributed by atoms with Crippen LogP contribution in [0.2, 0.25) is 0 Å². The first-order valence-corrected chi connectivity index (χ1v) is 7.86. The lowest BCUT2D eigenvalue weighted by Crippen LogP contribution is -2.71. The molecule has 2 N–H and O–H groups in total. The van der Waals surface area contributed by atoms with Gasteiger partial charge in [-0.3, -0.25) is 9.48 Å². The molecule has 2 heterocycles. The summed E-state index contributed by atoms with van der Waals surface area (Å²) in [6.07, 6.45) is 1.66. The van der Waals surface area contributed by atoms with Crippen LogP contribution in [-0.4, -0.2) is 63.1 Å². The van der Waals surface area contributed by atoms with Crippen LogP contribution in [0, 0.1) is 0 Å². The van der Waals surface area contributed by atoms with Crippen molar-refractivity contribution >= 4 is 12.0 Å². The first kappa shape index (κ1) is 17.5. The fourth-order valence-electron chi connectivity index (χ4n) is 2.98. The van der Waals surface area contributed by atoms with Gasteiger partial charge in [-0.25, -0.2) is 9.78 Å². The van der Waals surface area contributed by atoms with E-state index in [2.05, 4.69) is 15.4 Å². The molecule has 10 heteroatoms. The Morgan fingerprint density at radius 2 is 2.15 bits per heavy atom. The molecule has 0 spiro atoms. The van der Waals surface area contributed by atoms with Crippen LogP contribution in [-0.2, 0) is 17.9 Å². The normalized spacial score (nSPS) is 19.0. The number of nitrogens with one attached hydrogen (secondary N) is 1. The lowest BCUT2D eigenvalue weighted by atomic mass is 9.93. The van der Waals surface area contributed by atoms with Gasteiger partial charge in [-0.2, -0.15) is 5.10 Å². The Morgan fingerprint density at radius 1 is 1.35 bits per heavy atom. The Labute approximate surface area is 149 Å². The molecule has 1 aromatic carbocycles. The van der Waals surface area contributed by atoms with E-state index in [0.717, 1.165) is 5.56 Å². The number of carbonyl (C=O) groups excluding carboxylic acids is 1. The molecule has 3 rings (SSSR count). The lowest BCUT2D eigenvalue weighted by Gasteiger charge is -2.46. The van der Waals surface area contributed by atoms with Crippen molar-refractivity contribution in [3.63, 3.8) is 0 Å². The fraction of sp³-hybridized carbons (Fsp3) is 0.375. The van der Waals surface area contributed by atoms with Crippen molar-refractivity contribution in [2.45, 2.75) is 25.2 Å². The zero-order chi connectivity index (χ0) is 18.7. The highest BCUT2D eigenvalue weighted by Gasteiger charge is 2.48. The van der Waals surface area contributed by atoms with E-state index >= 15 is 0 Å². The van der Waals surface area contributed by atoms with Crippen molar-refractivity contribution in [1.82, 2.24) is 25.0 Å². The molecule has 2 amide bonds. The summed E-state index contributed by atoms with van der Waals surface area (Å²) >= 11 is 0. The molecular formula is C16H19N5O5. The standard InChI is InChI=1S/C16H19N5O5/c1-25-11-4-3-10(13(5-11)26-2)6-21-12(7-20-9-17-8-18-20)14(15(21)22)19-16(23)24/h3-5,8-9,12,14,19H,6-7H2,1-2H3,(H,23,24)/t12-,14-/m0/s1. The molecular weight excluding hydrogens is 342 g/mol. The van der Waals surface area contributed by atoms with Gasteiger partial charge in [-0.15, -0.1) is 0 Å². The number of methoxy groups -OCH3 is 2. The molecule has 1 aliphatic heterocycles. The first-order valence-electron chi connectivity index (χ1n) is 7.86. The van der Waals surface area contributed by atoms with E-state index in [9.17, 15) is 9.59 Å². The van der Waals surface area contributed by atoms with Crippen LogP contribution < -0.4 is 14.8 Å². The number of benzene rings is 1. The summed E-state index contributed by atoms with van der Waals surface area (Å²) in [4.78, 5) is 28.9. The molecule has 1 fully saturated rings. The molecule has 2 aromatic rings. The Balaban J connectivity index is 1.80. The SMILES string of the molecule is COc1ccc(CN2C(=O)[C@@H](NC(=O)O)[C@@H]2Cn2cncn2)c(OC)c1. The fourth-order valence-corrected chi connectivity index (χ4v) is 2.98. The maximum absolute atomic E-state index is 12.5. The van der Waals surface area contributed by atoms with E-state index in [-0.39, 0.29) is 18.5 Å². The van der Waals surface area contributed by atoms with Crippen LogP contribution in [0.1, 0.15) is 5.56 Å². The molecule has 0 saturated carbocycles. The van der Waals surface area contributed by atoms with E-state index in [4.69, 9.17) is 14.6 Å². The number of aromatic nitrogens is 3. The van der Waals surface area contributed by atoms with Gasteiger partial charge in [0.05, 0.1) is 26.8 Å². The number of hydrogen-bond donors (Lipinski definition) is 2. The van der Waals surface area contributed by atoms with Crippen LogP contribution in [0.25, 0.3) is 0 Å². The van der Waals surface area contributed by atoms with Gasteiger partial charge < -0.3 is 24.8 Å². The van der Waals surface area contributed by atoms with Gasteiger partial charge in [0.25, 0.3) is 0 Å². The van der Waals surface area contributed by atoms with Crippen LogP contribution in [0.3, 0.4) is 0 Å². The van der Waals surface area contributed by atoms with E-state index in [1.54, 1.807) is 28.8 Å². The topological polar surface area (TPSA) is 119 Å². The minimum atomic E-state index is -1.24. The van der Waals surface area contributed by atoms with Gasteiger partial charge in [-0.1, -0.05) is 0 Å². The lowest BCUT2D eigenvalue weighted by molar-refractivity contribution is -0.153. The average molecular weight is 361 g/mol. The Morgan fingerprint density at radius 3 is 2.77 bits per heavy atom. The first-order chi connectivity index (χ1) is 12.5. The molecule has 1 saturated heterocycles. The average Bonchev–Trinajstić information content (AvgIpc) is 3.16. The van der Waals surface area contributed by atoms with Gasteiger partial charge in [-0.05, 0) is 12.1 Å². The number of hydrogen-bond acceptors (Lipinski definition) is 6. The number of amides is 2. The third-order valence-electron chi connectivity index (χ3n) is 4.29. The molecule has 1 aliphatic rings. The van der Waals surface area contributed by atoms with Crippen molar-refractivity contribution in [1.29, 1.82) is 0 Å².